The number of unbranched alkanes of at least 4 members (excludes halogenated alkanes) is 1. The zero-order valence-electron chi connectivity index (χ0n) is 12.7. The number of fused-ring (bicyclic) bond motifs is 1. The van der Waals surface area contributed by atoms with Gasteiger partial charge in [0, 0.05) is 0 Å². The van der Waals surface area contributed by atoms with Gasteiger partial charge >= 0.3 is 0 Å². The van der Waals surface area contributed by atoms with Gasteiger partial charge in [-0.25, -0.2) is 9.66 Å². The third kappa shape index (κ3) is 2.82. The van der Waals surface area contributed by atoms with Gasteiger partial charge in [-0.15, -0.1) is 0 Å². The maximum Gasteiger partial charge on any atom is 0.280 e. The fraction of sp³-hybridized carbons (Fsp3) is 0.500. The Balaban J connectivity index is 2.11. The molecule has 6 heteroatoms. The summed E-state index contributed by atoms with van der Waals surface area (Å²) in [4.78, 5) is 17.4. The summed E-state index contributed by atoms with van der Waals surface area (Å²) >= 11 is 12.6. The number of hydrogen-bond acceptors (Lipinski definition) is 3. The van der Waals surface area contributed by atoms with Gasteiger partial charge in [-0.05, 0) is 25.5 Å². The van der Waals surface area contributed by atoms with Crippen LogP contribution in [0.15, 0.2) is 29.1 Å². The minimum atomic E-state index is -1.22. The zero-order chi connectivity index (χ0) is 15.9. The molecule has 3 rings (SSSR count). The van der Waals surface area contributed by atoms with Crippen molar-refractivity contribution in [1.29, 1.82) is 0 Å². The smallest absolute Gasteiger partial charge is 0.280 e. The summed E-state index contributed by atoms with van der Waals surface area (Å²) in [6, 6.07) is 7.66. The van der Waals surface area contributed by atoms with E-state index in [0.29, 0.717) is 22.8 Å². The SMILES string of the molecule is CCCCC1CN1n1c(C(C)(Cl)Cl)nc2ccccc2c1=O. The average molecular weight is 340 g/mol. The van der Waals surface area contributed by atoms with Crippen molar-refractivity contribution in [2.75, 3.05) is 11.6 Å². The van der Waals surface area contributed by atoms with Gasteiger partial charge in [0.1, 0.15) is 0 Å². The van der Waals surface area contributed by atoms with Gasteiger partial charge in [0.05, 0.1) is 23.5 Å². The van der Waals surface area contributed by atoms with E-state index >= 15 is 0 Å². The van der Waals surface area contributed by atoms with Crippen LogP contribution in [0, 0.1) is 0 Å². The second-order valence-corrected chi connectivity index (χ2v) is 7.58. The molecule has 0 spiro atoms. The van der Waals surface area contributed by atoms with Crippen molar-refractivity contribution in [3.05, 3.63) is 40.4 Å². The number of halogens is 2. The summed E-state index contributed by atoms with van der Waals surface area (Å²) in [5.74, 6) is 0.388. The van der Waals surface area contributed by atoms with Crippen LogP contribution >= 0.6 is 23.2 Å². The molecule has 1 fully saturated rings. The minimum Gasteiger partial charge on any atom is -0.301 e. The second kappa shape index (κ2) is 5.74. The van der Waals surface area contributed by atoms with E-state index < -0.39 is 4.33 Å². The number of nitrogens with zero attached hydrogens (tertiary/aromatic N) is 3. The Hall–Kier alpha value is -1.26. The summed E-state index contributed by atoms with van der Waals surface area (Å²) in [7, 11) is 0. The van der Waals surface area contributed by atoms with Crippen LogP contribution in [0.5, 0.6) is 0 Å². The monoisotopic (exact) mass is 339 g/mol. The van der Waals surface area contributed by atoms with E-state index in [1.807, 2.05) is 17.1 Å². The van der Waals surface area contributed by atoms with Gasteiger partial charge in [0.2, 0.25) is 0 Å². The first kappa shape index (κ1) is 15.6. The summed E-state index contributed by atoms with van der Waals surface area (Å²) in [6.07, 6.45) is 3.35. The molecule has 22 heavy (non-hydrogen) atoms. The molecule has 1 aliphatic heterocycles. The van der Waals surface area contributed by atoms with Crippen molar-refractivity contribution < 1.29 is 0 Å². The molecule has 0 aliphatic carbocycles. The molecule has 1 unspecified atom stereocenters. The van der Waals surface area contributed by atoms with E-state index in [-0.39, 0.29) is 5.56 Å². The highest BCUT2D eigenvalue weighted by Crippen LogP contribution is 2.33. The highest BCUT2D eigenvalue weighted by Gasteiger charge is 2.39. The highest BCUT2D eigenvalue weighted by atomic mass is 35.5. The first-order valence-corrected chi connectivity index (χ1v) is 8.36. The molecule has 0 amide bonds. The molecular weight excluding hydrogens is 321 g/mol. The third-order valence-corrected chi connectivity index (χ3v) is 4.32. The number of aromatic nitrogens is 2. The Labute approximate surface area is 139 Å². The normalized spacial score (nSPS) is 18.0. The lowest BCUT2D eigenvalue weighted by Gasteiger charge is -2.21. The number of para-hydroxylation sites is 1. The Morgan fingerprint density at radius 3 is 2.77 bits per heavy atom. The Kier molecular flexibility index (Phi) is 4.08. The number of rotatable bonds is 5. The van der Waals surface area contributed by atoms with Gasteiger partial charge in [0.25, 0.3) is 5.56 Å². The number of alkyl halides is 2. The van der Waals surface area contributed by atoms with Crippen LogP contribution in [-0.2, 0) is 4.33 Å². The van der Waals surface area contributed by atoms with Crippen LogP contribution in [0.3, 0.4) is 0 Å². The quantitative estimate of drug-likeness (QED) is 0.617. The second-order valence-electron chi connectivity index (χ2n) is 5.88. The van der Waals surface area contributed by atoms with Crippen LogP contribution in [0.25, 0.3) is 10.9 Å². The van der Waals surface area contributed by atoms with E-state index in [1.165, 1.54) is 0 Å². The summed E-state index contributed by atoms with van der Waals surface area (Å²) in [5, 5.41) is 2.60. The van der Waals surface area contributed by atoms with Crippen molar-refractivity contribution in [3.63, 3.8) is 0 Å². The molecule has 0 bridgehead atoms. The van der Waals surface area contributed by atoms with Crippen molar-refractivity contribution in [2.45, 2.75) is 43.5 Å². The van der Waals surface area contributed by atoms with E-state index in [2.05, 4.69) is 11.9 Å². The van der Waals surface area contributed by atoms with Crippen molar-refractivity contribution >= 4 is 34.1 Å². The van der Waals surface area contributed by atoms with Crippen molar-refractivity contribution in [1.82, 2.24) is 9.66 Å². The van der Waals surface area contributed by atoms with Gasteiger partial charge in [-0.1, -0.05) is 55.1 Å². The lowest BCUT2D eigenvalue weighted by atomic mass is 10.2. The lowest BCUT2D eigenvalue weighted by Crippen LogP contribution is -2.37. The zero-order valence-corrected chi connectivity index (χ0v) is 14.2. The Morgan fingerprint density at radius 1 is 1.36 bits per heavy atom. The topological polar surface area (TPSA) is 37.9 Å². The number of hydrogen-bond donors (Lipinski definition) is 0. The van der Waals surface area contributed by atoms with Gasteiger partial charge in [-0.3, -0.25) is 4.79 Å². The lowest BCUT2D eigenvalue weighted by molar-refractivity contribution is 0.626. The fourth-order valence-corrected chi connectivity index (χ4v) is 2.98. The summed E-state index contributed by atoms with van der Waals surface area (Å²) in [5.41, 5.74) is 0.519. The van der Waals surface area contributed by atoms with Crippen LogP contribution in [0.1, 0.15) is 38.9 Å². The summed E-state index contributed by atoms with van der Waals surface area (Å²) < 4.78 is 0.351. The molecule has 1 aromatic heterocycles. The highest BCUT2D eigenvalue weighted by molar-refractivity contribution is 6.47. The molecule has 0 saturated carbocycles. The first-order chi connectivity index (χ1) is 10.4. The molecule has 1 aliphatic rings. The van der Waals surface area contributed by atoms with Crippen LogP contribution in [-0.4, -0.2) is 22.2 Å². The minimum absolute atomic E-state index is 0.105. The largest absolute Gasteiger partial charge is 0.301 e. The maximum atomic E-state index is 12.9. The van der Waals surface area contributed by atoms with Crippen LogP contribution < -0.4 is 10.6 Å². The predicted molar refractivity (Wildman–Crippen MR) is 91.5 cm³/mol. The molecule has 1 saturated heterocycles. The van der Waals surface area contributed by atoms with Gasteiger partial charge in [-0.2, -0.15) is 0 Å². The first-order valence-electron chi connectivity index (χ1n) is 7.60. The molecule has 2 aromatic rings. The van der Waals surface area contributed by atoms with E-state index in [1.54, 1.807) is 23.7 Å². The van der Waals surface area contributed by atoms with E-state index in [0.717, 1.165) is 25.8 Å². The van der Waals surface area contributed by atoms with E-state index in [4.69, 9.17) is 23.2 Å². The standard InChI is InChI=1S/C16H19Cl2N3O/c1-3-4-7-11-10-20(11)21-14(22)12-8-5-6-9-13(12)19-15(21)16(2,17)18/h5-6,8-9,11H,3-4,7,10H2,1-2H3. The van der Waals surface area contributed by atoms with E-state index in [9.17, 15) is 4.79 Å². The molecular formula is C16H19Cl2N3O. The maximum absolute atomic E-state index is 12.9. The van der Waals surface area contributed by atoms with Gasteiger partial charge in [0.15, 0.2) is 10.2 Å². The molecule has 1 aromatic carbocycles. The molecule has 0 radical (unpaired) electrons. The third-order valence-electron chi connectivity index (χ3n) is 3.98. The van der Waals surface area contributed by atoms with Crippen LogP contribution in [0.4, 0.5) is 0 Å². The molecule has 118 valence electrons. The predicted octanol–water partition coefficient (Wildman–Crippen LogP) is 3.56. The molecule has 2 heterocycles. The molecule has 1 atom stereocenters. The van der Waals surface area contributed by atoms with Crippen LogP contribution in [0.2, 0.25) is 0 Å². The fourth-order valence-electron chi connectivity index (χ4n) is 2.74. The Morgan fingerprint density at radius 2 is 2.09 bits per heavy atom. The molecule has 4 nitrogen and oxygen atoms in total. The van der Waals surface area contributed by atoms with Crippen molar-refractivity contribution in [3.8, 4) is 0 Å². The molecule has 0 N–H and O–H groups in total. The average Bonchev–Trinajstić information content (AvgIpc) is 3.23. The number of benzene rings is 1. The van der Waals surface area contributed by atoms with Gasteiger partial charge < -0.3 is 5.01 Å². The van der Waals surface area contributed by atoms with Crippen molar-refractivity contribution in [2.24, 2.45) is 0 Å². The summed E-state index contributed by atoms with van der Waals surface area (Å²) in [6.45, 7) is 4.65. The Bertz CT molecular complexity index is 751.